The summed E-state index contributed by atoms with van der Waals surface area (Å²) in [5.74, 6) is 0.668. The number of aliphatic hydroxyl groups is 1. The molecule has 0 saturated carbocycles. The van der Waals surface area contributed by atoms with Crippen molar-refractivity contribution in [3.63, 3.8) is 0 Å². The van der Waals surface area contributed by atoms with E-state index >= 15 is 0 Å². The first kappa shape index (κ1) is 16.8. The maximum Gasteiger partial charge on any atom is 0.261 e. The fourth-order valence-electron chi connectivity index (χ4n) is 1.78. The van der Waals surface area contributed by atoms with Crippen LogP contribution in [0.15, 0.2) is 24.3 Å². The first-order valence-corrected chi connectivity index (χ1v) is 7.15. The summed E-state index contributed by atoms with van der Waals surface area (Å²) < 4.78 is 5.56. The van der Waals surface area contributed by atoms with Crippen LogP contribution in [0, 0.1) is 5.92 Å². The van der Waals surface area contributed by atoms with Crippen molar-refractivity contribution in [3.8, 4) is 5.75 Å². The minimum Gasteiger partial charge on any atom is -0.481 e. The third-order valence-corrected chi connectivity index (χ3v) is 3.32. The highest BCUT2D eigenvalue weighted by Crippen LogP contribution is 2.17. The van der Waals surface area contributed by atoms with Crippen molar-refractivity contribution in [2.45, 2.75) is 39.3 Å². The van der Waals surface area contributed by atoms with Crippen LogP contribution in [0.2, 0.25) is 5.02 Å². The van der Waals surface area contributed by atoms with Crippen molar-refractivity contribution in [1.82, 2.24) is 5.32 Å². The summed E-state index contributed by atoms with van der Waals surface area (Å²) in [6, 6.07) is 6.82. The fourth-order valence-corrected chi connectivity index (χ4v) is 1.91. The van der Waals surface area contributed by atoms with Gasteiger partial charge in [0.25, 0.3) is 5.91 Å². The third kappa shape index (κ3) is 5.39. The minimum absolute atomic E-state index is 0.0511. The number of hydrogen-bond acceptors (Lipinski definition) is 3. The van der Waals surface area contributed by atoms with Crippen LogP contribution in [0.25, 0.3) is 0 Å². The fraction of sp³-hybridized carbons (Fsp3) is 0.533. The van der Waals surface area contributed by atoms with Gasteiger partial charge in [-0.3, -0.25) is 4.79 Å². The molecule has 0 aliphatic carbocycles. The van der Waals surface area contributed by atoms with Gasteiger partial charge in [-0.15, -0.1) is 0 Å². The highest BCUT2D eigenvalue weighted by Gasteiger charge is 2.20. The molecule has 1 rings (SSSR count). The number of aliphatic hydroxyl groups excluding tert-OH is 1. The zero-order chi connectivity index (χ0) is 15.1. The van der Waals surface area contributed by atoms with E-state index in [4.69, 9.17) is 21.4 Å². The molecule has 0 saturated heterocycles. The standard InChI is InChI=1S/C15H22ClNO3/c1-10(2)14(8-9-18)17-15(19)11(3)20-13-6-4-12(16)5-7-13/h4-7,10-11,14,18H,8-9H2,1-3H3,(H,17,19). The predicted octanol–water partition coefficient (Wildman–Crippen LogP) is 2.63. The minimum atomic E-state index is -0.601. The van der Waals surface area contributed by atoms with Crippen LogP contribution in [0.3, 0.4) is 0 Å². The van der Waals surface area contributed by atoms with Gasteiger partial charge in [-0.25, -0.2) is 0 Å². The number of carbonyl (C=O) groups excluding carboxylic acids is 1. The van der Waals surface area contributed by atoms with Gasteiger partial charge in [-0.05, 0) is 43.5 Å². The molecule has 2 unspecified atom stereocenters. The molecule has 1 aromatic rings. The molecular formula is C15H22ClNO3. The third-order valence-electron chi connectivity index (χ3n) is 3.07. The Morgan fingerprint density at radius 1 is 1.30 bits per heavy atom. The Hall–Kier alpha value is -1.26. The maximum absolute atomic E-state index is 12.1. The lowest BCUT2D eigenvalue weighted by Crippen LogP contribution is -2.45. The molecule has 1 amide bonds. The van der Waals surface area contributed by atoms with Crippen molar-refractivity contribution in [2.75, 3.05) is 6.61 Å². The van der Waals surface area contributed by atoms with Crippen molar-refractivity contribution in [1.29, 1.82) is 0 Å². The molecule has 4 nitrogen and oxygen atoms in total. The first-order chi connectivity index (χ1) is 9.43. The summed E-state index contributed by atoms with van der Waals surface area (Å²) in [6.45, 7) is 5.76. The van der Waals surface area contributed by atoms with Crippen LogP contribution in [0.4, 0.5) is 0 Å². The van der Waals surface area contributed by atoms with Crippen molar-refractivity contribution in [3.05, 3.63) is 29.3 Å². The second-order valence-electron chi connectivity index (χ2n) is 5.09. The molecule has 0 aliphatic rings. The Morgan fingerprint density at radius 2 is 1.90 bits per heavy atom. The lowest BCUT2D eigenvalue weighted by atomic mass is 10.0. The lowest BCUT2D eigenvalue weighted by Gasteiger charge is -2.24. The summed E-state index contributed by atoms with van der Waals surface area (Å²) in [7, 11) is 0. The van der Waals surface area contributed by atoms with Crippen LogP contribution < -0.4 is 10.1 Å². The topological polar surface area (TPSA) is 58.6 Å². The molecule has 0 bridgehead atoms. The van der Waals surface area contributed by atoms with E-state index in [0.29, 0.717) is 17.2 Å². The van der Waals surface area contributed by atoms with Crippen LogP contribution in [-0.4, -0.2) is 29.8 Å². The number of benzene rings is 1. The van der Waals surface area contributed by atoms with Crippen molar-refractivity contribution >= 4 is 17.5 Å². The highest BCUT2D eigenvalue weighted by molar-refractivity contribution is 6.30. The van der Waals surface area contributed by atoms with E-state index in [-0.39, 0.29) is 24.5 Å². The normalized spacial score (nSPS) is 13.9. The molecule has 112 valence electrons. The molecule has 0 spiro atoms. The Balaban J connectivity index is 2.55. The number of rotatable bonds is 7. The smallest absolute Gasteiger partial charge is 0.261 e. The van der Waals surface area contributed by atoms with E-state index < -0.39 is 6.10 Å². The van der Waals surface area contributed by atoms with Crippen LogP contribution in [0.1, 0.15) is 27.2 Å². The predicted molar refractivity (Wildman–Crippen MR) is 80.0 cm³/mol. The summed E-state index contributed by atoms with van der Waals surface area (Å²) in [4.78, 5) is 12.1. The Bertz CT molecular complexity index is 420. The van der Waals surface area contributed by atoms with Gasteiger partial charge >= 0.3 is 0 Å². The van der Waals surface area contributed by atoms with Gasteiger partial charge in [0.2, 0.25) is 0 Å². The molecule has 0 radical (unpaired) electrons. The maximum atomic E-state index is 12.1. The van der Waals surface area contributed by atoms with E-state index in [1.54, 1.807) is 31.2 Å². The Kier molecular flexibility index (Phi) is 6.82. The van der Waals surface area contributed by atoms with Gasteiger partial charge in [0, 0.05) is 17.7 Å². The quantitative estimate of drug-likeness (QED) is 0.814. The van der Waals surface area contributed by atoms with Gasteiger partial charge < -0.3 is 15.2 Å². The first-order valence-electron chi connectivity index (χ1n) is 6.77. The van der Waals surface area contributed by atoms with Gasteiger partial charge in [-0.1, -0.05) is 25.4 Å². The van der Waals surface area contributed by atoms with Gasteiger partial charge in [0.15, 0.2) is 6.10 Å². The summed E-state index contributed by atoms with van der Waals surface area (Å²) in [5.41, 5.74) is 0. The molecule has 5 heteroatoms. The van der Waals surface area contributed by atoms with Crippen LogP contribution in [0.5, 0.6) is 5.75 Å². The zero-order valence-corrected chi connectivity index (χ0v) is 12.9. The number of hydrogen-bond donors (Lipinski definition) is 2. The molecule has 2 atom stereocenters. The molecular weight excluding hydrogens is 278 g/mol. The Labute approximate surface area is 125 Å². The average Bonchev–Trinajstić information content (AvgIpc) is 2.40. The summed E-state index contributed by atoms with van der Waals surface area (Å²) in [5, 5.41) is 12.5. The number of amides is 1. The van der Waals surface area contributed by atoms with Gasteiger partial charge in [0.1, 0.15) is 5.75 Å². The largest absolute Gasteiger partial charge is 0.481 e. The van der Waals surface area contributed by atoms with Gasteiger partial charge in [0.05, 0.1) is 0 Å². The van der Waals surface area contributed by atoms with E-state index in [1.807, 2.05) is 13.8 Å². The van der Waals surface area contributed by atoms with E-state index in [0.717, 1.165) is 0 Å². The lowest BCUT2D eigenvalue weighted by molar-refractivity contribution is -0.128. The number of halogens is 1. The molecule has 0 heterocycles. The van der Waals surface area contributed by atoms with Crippen LogP contribution >= 0.6 is 11.6 Å². The molecule has 0 fully saturated rings. The Morgan fingerprint density at radius 3 is 2.40 bits per heavy atom. The second-order valence-corrected chi connectivity index (χ2v) is 5.52. The number of nitrogens with one attached hydrogen (secondary N) is 1. The average molecular weight is 300 g/mol. The zero-order valence-electron chi connectivity index (χ0n) is 12.1. The molecule has 2 N–H and O–H groups in total. The second kappa shape index (κ2) is 8.12. The monoisotopic (exact) mass is 299 g/mol. The van der Waals surface area contributed by atoms with Crippen molar-refractivity contribution in [2.24, 2.45) is 5.92 Å². The highest BCUT2D eigenvalue weighted by atomic mass is 35.5. The molecule has 1 aromatic carbocycles. The summed E-state index contributed by atoms with van der Waals surface area (Å²) in [6.07, 6.45) is -0.0621. The number of carbonyl (C=O) groups is 1. The van der Waals surface area contributed by atoms with E-state index in [1.165, 1.54) is 0 Å². The summed E-state index contributed by atoms with van der Waals surface area (Å²) >= 11 is 5.79. The van der Waals surface area contributed by atoms with Gasteiger partial charge in [-0.2, -0.15) is 0 Å². The SMILES string of the molecule is CC(Oc1ccc(Cl)cc1)C(=O)NC(CCO)C(C)C. The van der Waals surface area contributed by atoms with E-state index in [2.05, 4.69) is 5.32 Å². The van der Waals surface area contributed by atoms with Crippen molar-refractivity contribution < 1.29 is 14.6 Å². The molecule has 0 aliphatic heterocycles. The number of ether oxygens (including phenoxy) is 1. The molecule has 20 heavy (non-hydrogen) atoms. The van der Waals surface area contributed by atoms with E-state index in [9.17, 15) is 4.79 Å². The molecule has 0 aromatic heterocycles. The van der Waals surface area contributed by atoms with Crippen LogP contribution in [-0.2, 0) is 4.79 Å².